The minimum absolute atomic E-state index is 0.138. The maximum absolute atomic E-state index is 14.0. The summed E-state index contributed by atoms with van der Waals surface area (Å²) in [7, 11) is 4.71. The van der Waals surface area contributed by atoms with Gasteiger partial charge in [-0.2, -0.15) is 0 Å². The molecule has 2 aromatic heterocycles. The average molecular weight is 919 g/mol. The van der Waals surface area contributed by atoms with E-state index in [2.05, 4.69) is 96.4 Å². The van der Waals surface area contributed by atoms with Crippen molar-refractivity contribution in [1.29, 1.82) is 0 Å². The molecule has 68 heavy (non-hydrogen) atoms. The number of amides is 4. The summed E-state index contributed by atoms with van der Waals surface area (Å²) in [6.07, 6.45) is 5.16. The van der Waals surface area contributed by atoms with Crippen LogP contribution in [0.3, 0.4) is 0 Å². The zero-order valence-electron chi connectivity index (χ0n) is 39.2. The number of imidazole rings is 2. The zero-order chi connectivity index (χ0) is 47.7. The van der Waals surface area contributed by atoms with E-state index in [1.165, 1.54) is 19.9 Å². The maximum atomic E-state index is 14.0. The van der Waals surface area contributed by atoms with Gasteiger partial charge in [0.2, 0.25) is 5.91 Å². The Labute approximate surface area is 397 Å². The smallest absolute Gasteiger partial charge is 0.407 e. The number of hydrogen-bond acceptors (Lipinski definition) is 10. The molecule has 8 rings (SSSR count). The highest BCUT2D eigenvalue weighted by Gasteiger charge is 2.39. The summed E-state index contributed by atoms with van der Waals surface area (Å²) in [5.74, 6) is 13.2. The van der Waals surface area contributed by atoms with Crippen molar-refractivity contribution in [2.75, 3.05) is 65.4 Å². The Morgan fingerprint density at radius 2 is 1.32 bits per heavy atom. The number of benzene rings is 3. The predicted molar refractivity (Wildman–Crippen MR) is 258 cm³/mol. The Morgan fingerprint density at radius 1 is 0.706 bits per heavy atom. The molecule has 3 fully saturated rings. The van der Waals surface area contributed by atoms with Crippen molar-refractivity contribution in [2.45, 2.75) is 63.7 Å². The van der Waals surface area contributed by atoms with E-state index in [-0.39, 0.29) is 29.8 Å². The normalized spacial score (nSPS) is 17.9. The molecule has 4 N–H and O–H groups in total. The van der Waals surface area contributed by atoms with Gasteiger partial charge in [0.25, 0.3) is 5.91 Å². The highest BCUT2D eigenvalue weighted by Crippen LogP contribution is 2.36. The fourth-order valence-electron chi connectivity index (χ4n) is 9.18. The van der Waals surface area contributed by atoms with Crippen LogP contribution in [0.25, 0.3) is 22.4 Å². The summed E-state index contributed by atoms with van der Waals surface area (Å²) in [6.45, 7) is 8.82. The number of ether oxygens (including phenoxy) is 2. The summed E-state index contributed by atoms with van der Waals surface area (Å²) in [4.78, 5) is 76.7. The van der Waals surface area contributed by atoms with E-state index in [1.54, 1.807) is 34.3 Å². The van der Waals surface area contributed by atoms with Gasteiger partial charge < -0.3 is 49.7 Å². The third-order valence-electron chi connectivity index (χ3n) is 12.9. The van der Waals surface area contributed by atoms with Crippen molar-refractivity contribution >= 4 is 29.7 Å². The van der Waals surface area contributed by atoms with Gasteiger partial charge in [0.1, 0.15) is 29.4 Å². The monoisotopic (exact) mass is 918 g/mol. The minimum atomic E-state index is -0.915. The molecule has 3 aromatic carbocycles. The third-order valence-corrected chi connectivity index (χ3v) is 12.9. The van der Waals surface area contributed by atoms with Crippen LogP contribution in [0.5, 0.6) is 0 Å². The SMILES string of the molecule is COC(=O)NC(C(=O)N1CCC[C@H]1c1ncc(-c2ccc(C#CC#Cc3cnc([C@@H]4CCCN4C(=O)[C@H](NC(=O)OC)c4ccccc4)[nH]3)c(-c3ccc(N4CCN(C)CC4)cc3)c2)[nH]1)C(C)C. The molecule has 0 aliphatic carbocycles. The van der Waals surface area contributed by atoms with Gasteiger partial charge in [0.15, 0.2) is 0 Å². The fraction of sp³-hybridized carbons (Fsp3) is 0.385. The molecule has 3 aliphatic rings. The second kappa shape index (κ2) is 21.4. The summed E-state index contributed by atoms with van der Waals surface area (Å²) in [5, 5.41) is 5.42. The fourth-order valence-corrected chi connectivity index (χ4v) is 9.18. The average Bonchev–Trinajstić information content (AvgIpc) is 4.22. The molecule has 0 radical (unpaired) electrons. The van der Waals surface area contributed by atoms with Crippen molar-refractivity contribution in [3.63, 3.8) is 0 Å². The van der Waals surface area contributed by atoms with Crippen molar-refractivity contribution in [1.82, 2.24) is 45.3 Å². The van der Waals surface area contributed by atoms with Crippen LogP contribution in [0.15, 0.2) is 85.2 Å². The number of likely N-dealkylation sites (tertiary alicyclic amines) is 2. The molecule has 16 heteroatoms. The quantitative estimate of drug-likeness (QED) is 0.108. The Bertz CT molecular complexity index is 2720. The third kappa shape index (κ3) is 10.7. The molecular formula is C52H58N10O6. The van der Waals surface area contributed by atoms with Gasteiger partial charge in [0, 0.05) is 56.1 Å². The van der Waals surface area contributed by atoms with Crippen molar-refractivity contribution in [2.24, 2.45) is 5.92 Å². The van der Waals surface area contributed by atoms with E-state index >= 15 is 0 Å². The molecule has 4 amide bonds. The van der Waals surface area contributed by atoms with Gasteiger partial charge in [-0.1, -0.05) is 68.3 Å². The number of hydrogen-bond donors (Lipinski definition) is 4. The number of carbonyl (C=O) groups is 4. The topological polar surface area (TPSA) is 181 Å². The second-order valence-electron chi connectivity index (χ2n) is 17.7. The standard InChI is InChI=1S/C52H58N10O6/c1-34(2)45(57-51(65)67-4)49(63)61-25-12-18-44(61)48-54-33-42(56-48)38-20-19-35(41(31-38)36-21-23-40(24-22-36)60-29-27-59(3)28-30-60)13-9-10-16-39-32-53-47(55-39)43-17-11-26-62(43)50(64)46(58-52(66)68-5)37-14-7-6-8-15-37/h6-8,14-15,19-24,31-34,43-46H,11-12,17-18,25-30H2,1-5H3,(H,53,55)(H,54,56)(H,57,65)(H,58,66)/t43-,44-,45?,46+/m0/s1. The van der Waals surface area contributed by atoms with Crippen LogP contribution in [0, 0.1) is 29.6 Å². The van der Waals surface area contributed by atoms with Crippen molar-refractivity contribution < 1.29 is 28.7 Å². The molecule has 3 saturated heterocycles. The number of aromatic amines is 2. The molecule has 16 nitrogen and oxygen atoms in total. The first-order chi connectivity index (χ1) is 33.0. The highest BCUT2D eigenvalue weighted by atomic mass is 16.5. The number of alkyl carbamates (subject to hydrolysis) is 2. The minimum Gasteiger partial charge on any atom is -0.453 e. The first kappa shape index (κ1) is 47.0. The van der Waals surface area contributed by atoms with E-state index in [9.17, 15) is 19.2 Å². The van der Waals surface area contributed by atoms with Crippen LogP contribution in [0.1, 0.15) is 86.1 Å². The first-order valence-electron chi connectivity index (χ1n) is 23.2. The van der Waals surface area contributed by atoms with Crippen LogP contribution < -0.4 is 15.5 Å². The Balaban J connectivity index is 1.03. The first-order valence-corrected chi connectivity index (χ1v) is 23.2. The van der Waals surface area contributed by atoms with Crippen LogP contribution in [0.2, 0.25) is 0 Å². The van der Waals surface area contributed by atoms with E-state index in [4.69, 9.17) is 14.5 Å². The van der Waals surface area contributed by atoms with Crippen LogP contribution in [0.4, 0.5) is 15.3 Å². The largest absolute Gasteiger partial charge is 0.453 e. The molecule has 0 bridgehead atoms. The molecule has 1 unspecified atom stereocenters. The summed E-state index contributed by atoms with van der Waals surface area (Å²) in [5.41, 5.74) is 6.81. The summed E-state index contributed by atoms with van der Waals surface area (Å²) in [6, 6.07) is 21.6. The Kier molecular flexibility index (Phi) is 14.8. The lowest BCUT2D eigenvalue weighted by Gasteiger charge is -2.34. The Morgan fingerprint density at radius 3 is 2.00 bits per heavy atom. The predicted octanol–water partition coefficient (Wildman–Crippen LogP) is 6.43. The second-order valence-corrected chi connectivity index (χ2v) is 17.7. The van der Waals surface area contributed by atoms with Gasteiger partial charge in [-0.05, 0) is 97.4 Å². The van der Waals surface area contributed by atoms with Gasteiger partial charge >= 0.3 is 12.2 Å². The molecule has 3 aliphatic heterocycles. The molecule has 4 atom stereocenters. The number of nitrogens with one attached hydrogen (secondary N) is 4. The van der Waals surface area contributed by atoms with Gasteiger partial charge in [-0.3, -0.25) is 9.59 Å². The number of likely N-dealkylation sites (N-methyl/N-ethyl adjacent to an activating group) is 1. The van der Waals surface area contributed by atoms with E-state index in [0.717, 1.165) is 73.4 Å². The number of rotatable bonds is 11. The zero-order valence-corrected chi connectivity index (χ0v) is 39.2. The molecule has 5 heterocycles. The van der Waals surface area contributed by atoms with Gasteiger partial charge in [-0.25, -0.2) is 19.6 Å². The highest BCUT2D eigenvalue weighted by molar-refractivity contribution is 5.88. The number of methoxy groups -OCH3 is 2. The molecule has 5 aromatic rings. The van der Waals surface area contributed by atoms with E-state index in [1.807, 2.05) is 44.2 Å². The number of nitrogens with zero attached hydrogens (tertiary/aromatic N) is 6. The molecular weight excluding hydrogens is 861 g/mol. The number of carbonyl (C=O) groups excluding carboxylic acids is 4. The number of piperazine rings is 1. The van der Waals surface area contributed by atoms with Crippen LogP contribution in [-0.4, -0.2) is 125 Å². The van der Waals surface area contributed by atoms with Crippen LogP contribution in [-0.2, 0) is 19.1 Å². The van der Waals surface area contributed by atoms with E-state index in [0.29, 0.717) is 42.4 Å². The van der Waals surface area contributed by atoms with Gasteiger partial charge in [0.05, 0.1) is 44.4 Å². The molecule has 0 spiro atoms. The van der Waals surface area contributed by atoms with E-state index < -0.39 is 24.3 Å². The lowest BCUT2D eigenvalue weighted by atomic mass is 9.96. The lowest BCUT2D eigenvalue weighted by molar-refractivity contribution is -0.135. The molecule has 352 valence electrons. The molecule has 0 saturated carbocycles. The van der Waals surface area contributed by atoms with Gasteiger partial charge in [-0.15, -0.1) is 0 Å². The number of aromatic nitrogens is 4. The summed E-state index contributed by atoms with van der Waals surface area (Å²) < 4.78 is 9.65. The Hall–Kier alpha value is -7.56. The summed E-state index contributed by atoms with van der Waals surface area (Å²) >= 11 is 0. The van der Waals surface area contributed by atoms with Crippen LogP contribution >= 0.6 is 0 Å². The number of anilines is 1. The maximum Gasteiger partial charge on any atom is 0.407 e. The van der Waals surface area contributed by atoms with Crippen molar-refractivity contribution in [3.05, 3.63) is 114 Å². The number of H-pyrrole nitrogens is 2. The van der Waals surface area contributed by atoms with Crippen molar-refractivity contribution in [3.8, 4) is 46.1 Å². The lowest BCUT2D eigenvalue weighted by Crippen LogP contribution is -2.51.